The molecular weight excluding hydrogens is 386 g/mol. The van der Waals surface area contributed by atoms with Gasteiger partial charge in [-0.2, -0.15) is 0 Å². The van der Waals surface area contributed by atoms with Gasteiger partial charge in [0.05, 0.1) is 38.9 Å². The second kappa shape index (κ2) is 8.91. The van der Waals surface area contributed by atoms with Gasteiger partial charge in [0.15, 0.2) is 5.82 Å². The van der Waals surface area contributed by atoms with E-state index in [-0.39, 0.29) is 17.9 Å². The van der Waals surface area contributed by atoms with Crippen LogP contribution < -0.4 is 5.32 Å². The van der Waals surface area contributed by atoms with Gasteiger partial charge in [-0.05, 0) is 49.3 Å². The molecule has 0 spiro atoms. The number of carbonyl (C=O) groups excluding carboxylic acids is 1. The van der Waals surface area contributed by atoms with Crippen LogP contribution in [0.15, 0.2) is 41.7 Å². The number of nitrogens with one attached hydrogen (secondary N) is 1. The van der Waals surface area contributed by atoms with E-state index in [2.05, 4.69) is 15.3 Å². The maximum Gasteiger partial charge on any atom is 0.233 e. The number of halogens is 1. The number of carbonyl (C=O) groups is 1. The van der Waals surface area contributed by atoms with Gasteiger partial charge in [0.1, 0.15) is 0 Å². The minimum absolute atomic E-state index is 0.196. The van der Waals surface area contributed by atoms with Gasteiger partial charge in [0.2, 0.25) is 5.91 Å². The van der Waals surface area contributed by atoms with Crippen molar-refractivity contribution < 1.29 is 14.1 Å². The van der Waals surface area contributed by atoms with E-state index < -0.39 is 16.7 Å². The average molecular weight is 408 g/mol. The number of anilines is 1. The molecule has 4 atom stereocenters. The molecule has 1 saturated carbocycles. The predicted octanol–water partition coefficient (Wildman–Crippen LogP) is 3.14. The van der Waals surface area contributed by atoms with Crippen LogP contribution in [0.1, 0.15) is 37.2 Å². The third-order valence-corrected chi connectivity index (χ3v) is 6.28. The summed E-state index contributed by atoms with van der Waals surface area (Å²) in [5.74, 6) is 0.00479. The molecule has 0 saturated heterocycles. The molecule has 1 amide bonds. The van der Waals surface area contributed by atoms with E-state index in [1.165, 1.54) is 18.6 Å². The Hall–Kier alpha value is -1.83. The van der Waals surface area contributed by atoms with Crippen LogP contribution in [0, 0.1) is 5.92 Å². The van der Waals surface area contributed by atoms with Gasteiger partial charge in [-0.1, -0.05) is 17.7 Å². The zero-order chi connectivity index (χ0) is 19.4. The SMILES string of the molecule is CS(=O)c1ccc(C(CC2CCC(O)C2)C(=O)Nc2cnccn2)cc1Cl. The summed E-state index contributed by atoms with van der Waals surface area (Å²) in [5.41, 5.74) is 0.761. The van der Waals surface area contributed by atoms with Crippen LogP contribution >= 0.6 is 11.6 Å². The van der Waals surface area contributed by atoms with Crippen molar-refractivity contribution in [2.75, 3.05) is 11.6 Å². The van der Waals surface area contributed by atoms with Crippen molar-refractivity contribution in [3.63, 3.8) is 0 Å². The number of aromatic nitrogens is 2. The van der Waals surface area contributed by atoms with Crippen molar-refractivity contribution in [3.05, 3.63) is 47.4 Å². The average Bonchev–Trinajstić information content (AvgIpc) is 3.05. The normalized spacial score (nSPS) is 21.6. The highest BCUT2D eigenvalue weighted by Crippen LogP contribution is 2.36. The second-order valence-corrected chi connectivity index (χ2v) is 8.60. The first kappa shape index (κ1) is 19.9. The summed E-state index contributed by atoms with van der Waals surface area (Å²) in [6.07, 6.45) is 8.76. The summed E-state index contributed by atoms with van der Waals surface area (Å²) < 4.78 is 11.7. The molecule has 1 aromatic carbocycles. The Bertz CT molecular complexity index is 834. The molecule has 1 aliphatic rings. The lowest BCUT2D eigenvalue weighted by Gasteiger charge is -2.21. The van der Waals surface area contributed by atoms with Gasteiger partial charge in [-0.3, -0.25) is 14.0 Å². The summed E-state index contributed by atoms with van der Waals surface area (Å²) in [6.45, 7) is 0. The number of aliphatic hydroxyl groups is 1. The van der Waals surface area contributed by atoms with Crippen LogP contribution in [0.5, 0.6) is 0 Å². The highest BCUT2D eigenvalue weighted by Gasteiger charge is 2.30. The summed E-state index contributed by atoms with van der Waals surface area (Å²) in [5, 5.41) is 13.0. The van der Waals surface area contributed by atoms with Crippen LogP contribution in [-0.2, 0) is 15.6 Å². The quantitative estimate of drug-likeness (QED) is 0.767. The van der Waals surface area contributed by atoms with Crippen molar-refractivity contribution in [1.29, 1.82) is 0 Å². The number of hydrogen-bond acceptors (Lipinski definition) is 5. The van der Waals surface area contributed by atoms with Gasteiger partial charge < -0.3 is 10.4 Å². The van der Waals surface area contributed by atoms with E-state index in [0.717, 1.165) is 18.4 Å². The molecular formula is C19H22ClN3O3S. The molecule has 27 heavy (non-hydrogen) atoms. The van der Waals surface area contributed by atoms with Gasteiger partial charge in [0.25, 0.3) is 0 Å². The summed E-state index contributed by atoms with van der Waals surface area (Å²) >= 11 is 6.29. The van der Waals surface area contributed by atoms with Crippen molar-refractivity contribution in [1.82, 2.24) is 9.97 Å². The monoisotopic (exact) mass is 407 g/mol. The fraction of sp³-hybridized carbons (Fsp3) is 0.421. The third-order valence-electron chi connectivity index (χ3n) is 4.88. The molecule has 2 aromatic rings. The van der Waals surface area contributed by atoms with Gasteiger partial charge in [-0.25, -0.2) is 4.98 Å². The molecule has 3 rings (SSSR count). The number of nitrogens with zero attached hydrogens (tertiary/aromatic N) is 2. The molecule has 0 bridgehead atoms. The molecule has 8 heteroatoms. The molecule has 1 heterocycles. The molecule has 1 fully saturated rings. The molecule has 144 valence electrons. The first-order valence-corrected chi connectivity index (χ1v) is 10.8. The molecule has 4 unspecified atom stereocenters. The Morgan fingerprint density at radius 2 is 2.22 bits per heavy atom. The van der Waals surface area contributed by atoms with Crippen LogP contribution in [0.4, 0.5) is 5.82 Å². The molecule has 1 aromatic heterocycles. The number of amides is 1. The van der Waals surface area contributed by atoms with E-state index in [9.17, 15) is 14.1 Å². The number of benzene rings is 1. The van der Waals surface area contributed by atoms with E-state index >= 15 is 0 Å². The molecule has 2 N–H and O–H groups in total. The minimum Gasteiger partial charge on any atom is -0.393 e. The Morgan fingerprint density at radius 3 is 2.81 bits per heavy atom. The highest BCUT2D eigenvalue weighted by atomic mass is 35.5. The lowest BCUT2D eigenvalue weighted by molar-refractivity contribution is -0.118. The van der Waals surface area contributed by atoms with E-state index in [1.807, 2.05) is 0 Å². The lowest BCUT2D eigenvalue weighted by atomic mass is 9.87. The van der Waals surface area contributed by atoms with Crippen molar-refractivity contribution in [3.8, 4) is 0 Å². The molecule has 0 aliphatic heterocycles. The Kier molecular flexibility index (Phi) is 6.57. The lowest BCUT2D eigenvalue weighted by Crippen LogP contribution is -2.24. The molecule has 0 radical (unpaired) electrons. The largest absolute Gasteiger partial charge is 0.393 e. The minimum atomic E-state index is -1.20. The van der Waals surface area contributed by atoms with Gasteiger partial charge >= 0.3 is 0 Å². The summed E-state index contributed by atoms with van der Waals surface area (Å²) in [4.78, 5) is 21.6. The predicted molar refractivity (Wildman–Crippen MR) is 105 cm³/mol. The van der Waals surface area contributed by atoms with Gasteiger partial charge in [0, 0.05) is 18.6 Å². The Labute approximate surface area is 165 Å². The zero-order valence-electron chi connectivity index (χ0n) is 15.0. The Balaban J connectivity index is 1.86. The third kappa shape index (κ3) is 5.12. The number of rotatable bonds is 6. The van der Waals surface area contributed by atoms with Crippen molar-refractivity contribution >= 4 is 34.1 Å². The van der Waals surface area contributed by atoms with Crippen LogP contribution in [-0.4, -0.2) is 37.6 Å². The fourth-order valence-corrected chi connectivity index (χ4v) is 4.64. The van der Waals surface area contributed by atoms with E-state index in [1.54, 1.807) is 24.5 Å². The maximum atomic E-state index is 13.0. The molecule has 6 nitrogen and oxygen atoms in total. The second-order valence-electron chi connectivity index (χ2n) is 6.85. The zero-order valence-corrected chi connectivity index (χ0v) is 16.5. The van der Waals surface area contributed by atoms with Crippen molar-refractivity contribution in [2.24, 2.45) is 5.92 Å². The summed E-state index contributed by atoms with van der Waals surface area (Å²) in [7, 11) is -1.20. The maximum absolute atomic E-state index is 13.0. The first-order chi connectivity index (χ1) is 12.9. The highest BCUT2D eigenvalue weighted by molar-refractivity contribution is 7.84. The van der Waals surface area contributed by atoms with Crippen molar-refractivity contribution in [2.45, 2.75) is 42.6 Å². The first-order valence-electron chi connectivity index (χ1n) is 8.82. The molecule has 1 aliphatic carbocycles. The smallest absolute Gasteiger partial charge is 0.233 e. The Morgan fingerprint density at radius 1 is 1.41 bits per heavy atom. The van der Waals surface area contributed by atoms with Crippen LogP contribution in [0.25, 0.3) is 0 Å². The topological polar surface area (TPSA) is 92.2 Å². The van der Waals surface area contributed by atoms with E-state index in [0.29, 0.717) is 28.6 Å². The van der Waals surface area contributed by atoms with Crippen LogP contribution in [0.2, 0.25) is 5.02 Å². The standard InChI is InChI=1S/C19H22ClN3O3S/c1-27(26)17-5-3-13(10-16(17)20)15(9-12-2-4-14(24)8-12)19(25)23-18-11-21-6-7-22-18/h3,5-7,10-12,14-15,24H,2,4,8-9H2,1H3,(H,22,23,25). The van der Waals surface area contributed by atoms with E-state index in [4.69, 9.17) is 11.6 Å². The number of hydrogen-bond donors (Lipinski definition) is 2. The van der Waals surface area contributed by atoms with Gasteiger partial charge in [-0.15, -0.1) is 0 Å². The van der Waals surface area contributed by atoms with Crippen LogP contribution in [0.3, 0.4) is 0 Å². The fourth-order valence-electron chi connectivity index (χ4n) is 3.53. The summed E-state index contributed by atoms with van der Waals surface area (Å²) in [6, 6.07) is 5.22. The number of aliphatic hydroxyl groups excluding tert-OH is 1.